The van der Waals surface area contributed by atoms with Gasteiger partial charge in [0.1, 0.15) is 0 Å². The fourth-order valence-corrected chi connectivity index (χ4v) is 2.79. The number of carbonyl (C=O) groups is 1. The van der Waals surface area contributed by atoms with Crippen LogP contribution in [0.25, 0.3) is 0 Å². The Bertz CT molecular complexity index is 612. The van der Waals surface area contributed by atoms with Gasteiger partial charge in [0.25, 0.3) is 0 Å². The van der Waals surface area contributed by atoms with Crippen molar-refractivity contribution >= 4 is 5.91 Å². The molecule has 114 valence electrons. The summed E-state index contributed by atoms with van der Waals surface area (Å²) < 4.78 is 0. The number of hydrogen-bond donors (Lipinski definition) is 2. The van der Waals surface area contributed by atoms with Gasteiger partial charge in [0, 0.05) is 18.1 Å². The van der Waals surface area contributed by atoms with Crippen molar-refractivity contribution in [3.8, 4) is 0 Å². The van der Waals surface area contributed by atoms with E-state index in [1.54, 1.807) is 12.4 Å². The van der Waals surface area contributed by atoms with E-state index < -0.39 is 0 Å². The number of hydrogen-bond acceptors (Lipinski definition) is 4. The molecule has 22 heavy (non-hydrogen) atoms. The van der Waals surface area contributed by atoms with Crippen LogP contribution in [0, 0.1) is 5.92 Å². The van der Waals surface area contributed by atoms with E-state index in [1.807, 2.05) is 36.4 Å². The second-order valence-corrected chi connectivity index (χ2v) is 5.68. The minimum Gasteiger partial charge on any atom is -0.393 e. The van der Waals surface area contributed by atoms with Gasteiger partial charge in [0.2, 0.25) is 5.91 Å². The quantitative estimate of drug-likeness (QED) is 0.880. The third kappa shape index (κ3) is 3.49. The third-order valence-corrected chi connectivity index (χ3v) is 4.01. The molecular weight excluding hydrogens is 278 g/mol. The molecule has 1 saturated carbocycles. The highest BCUT2D eigenvalue weighted by Crippen LogP contribution is 2.37. The van der Waals surface area contributed by atoms with E-state index in [1.165, 1.54) is 0 Å². The van der Waals surface area contributed by atoms with E-state index in [2.05, 4.69) is 15.3 Å². The van der Waals surface area contributed by atoms with E-state index in [0.29, 0.717) is 12.8 Å². The summed E-state index contributed by atoms with van der Waals surface area (Å²) in [7, 11) is 0. The highest BCUT2D eigenvalue weighted by molar-refractivity contribution is 5.78. The Hall–Kier alpha value is -2.27. The van der Waals surface area contributed by atoms with E-state index in [9.17, 15) is 9.90 Å². The van der Waals surface area contributed by atoms with Crippen LogP contribution in [0.3, 0.4) is 0 Å². The first-order valence-electron chi connectivity index (χ1n) is 7.50. The highest BCUT2D eigenvalue weighted by Gasteiger charge is 2.36. The molecule has 1 amide bonds. The Kier molecular flexibility index (Phi) is 4.44. The second kappa shape index (κ2) is 6.66. The summed E-state index contributed by atoms with van der Waals surface area (Å²) in [6, 6.07) is 11.1. The first-order chi connectivity index (χ1) is 10.7. The van der Waals surface area contributed by atoms with Gasteiger partial charge >= 0.3 is 0 Å². The average molecular weight is 297 g/mol. The molecular formula is C17H19N3O2. The fraction of sp³-hybridized carbons (Fsp3) is 0.353. The number of aliphatic hydroxyl groups is 1. The summed E-state index contributed by atoms with van der Waals surface area (Å²) in [5.41, 5.74) is 1.59. The first kappa shape index (κ1) is 14.7. The molecule has 1 unspecified atom stereocenters. The van der Waals surface area contributed by atoms with Gasteiger partial charge in [-0.1, -0.05) is 12.1 Å². The van der Waals surface area contributed by atoms with E-state index in [-0.39, 0.29) is 30.4 Å². The van der Waals surface area contributed by atoms with Gasteiger partial charge in [-0.15, -0.1) is 0 Å². The second-order valence-electron chi connectivity index (χ2n) is 5.68. The number of rotatable bonds is 5. The summed E-state index contributed by atoms with van der Waals surface area (Å²) in [6.07, 6.45) is 4.79. The van der Waals surface area contributed by atoms with Crippen LogP contribution in [0.2, 0.25) is 0 Å². The predicted octanol–water partition coefficient (Wildman–Crippen LogP) is 1.65. The van der Waals surface area contributed by atoms with Gasteiger partial charge in [0.15, 0.2) is 0 Å². The average Bonchev–Trinajstić information content (AvgIpc) is 2.52. The summed E-state index contributed by atoms with van der Waals surface area (Å²) in [5.74, 6) is 0.160. The van der Waals surface area contributed by atoms with Gasteiger partial charge in [-0.25, -0.2) is 0 Å². The SMILES string of the molecule is O=C(Cc1ccccn1)NC(c1ccccn1)C1CC(O)C1. The lowest BCUT2D eigenvalue weighted by Crippen LogP contribution is -2.42. The largest absolute Gasteiger partial charge is 0.393 e. The number of nitrogens with one attached hydrogen (secondary N) is 1. The van der Waals surface area contributed by atoms with Crippen LogP contribution in [-0.2, 0) is 11.2 Å². The topological polar surface area (TPSA) is 75.1 Å². The molecule has 1 aliphatic carbocycles. The zero-order valence-electron chi connectivity index (χ0n) is 12.2. The maximum absolute atomic E-state index is 12.3. The molecule has 2 aromatic heterocycles. The van der Waals surface area contributed by atoms with Crippen molar-refractivity contribution < 1.29 is 9.90 Å². The Balaban J connectivity index is 1.69. The molecule has 0 radical (unpaired) electrons. The first-order valence-corrected chi connectivity index (χ1v) is 7.50. The number of carbonyl (C=O) groups excluding carboxylic acids is 1. The van der Waals surface area contributed by atoms with Crippen molar-refractivity contribution in [3.05, 3.63) is 60.2 Å². The highest BCUT2D eigenvalue weighted by atomic mass is 16.3. The molecule has 5 heteroatoms. The van der Waals surface area contributed by atoms with E-state index in [4.69, 9.17) is 0 Å². The fourth-order valence-electron chi connectivity index (χ4n) is 2.79. The molecule has 0 aliphatic heterocycles. The minimum absolute atomic E-state index is 0.0734. The molecule has 0 aromatic carbocycles. The standard InChI is InChI=1S/C17H19N3O2/c21-14-9-12(10-14)17(15-6-2-4-8-19-15)20-16(22)11-13-5-1-3-7-18-13/h1-8,12,14,17,21H,9-11H2,(H,20,22). The van der Waals surface area contributed by atoms with Gasteiger partial charge in [-0.2, -0.15) is 0 Å². The van der Waals surface area contributed by atoms with Gasteiger partial charge in [-0.3, -0.25) is 14.8 Å². The summed E-state index contributed by atoms with van der Waals surface area (Å²) in [6.45, 7) is 0. The van der Waals surface area contributed by atoms with Crippen LogP contribution >= 0.6 is 0 Å². The lowest BCUT2D eigenvalue weighted by atomic mass is 9.76. The minimum atomic E-state index is -0.260. The van der Waals surface area contributed by atoms with Crippen molar-refractivity contribution in [2.75, 3.05) is 0 Å². The number of aliphatic hydroxyl groups excluding tert-OH is 1. The monoisotopic (exact) mass is 297 g/mol. The summed E-state index contributed by atoms with van der Waals surface area (Å²) in [5, 5.41) is 12.6. The predicted molar refractivity (Wildman–Crippen MR) is 81.8 cm³/mol. The van der Waals surface area contributed by atoms with Crippen molar-refractivity contribution in [3.63, 3.8) is 0 Å². The van der Waals surface area contributed by atoms with Crippen molar-refractivity contribution in [1.82, 2.24) is 15.3 Å². The lowest BCUT2D eigenvalue weighted by molar-refractivity contribution is -0.122. The number of amides is 1. The van der Waals surface area contributed by atoms with Crippen LogP contribution in [0.5, 0.6) is 0 Å². The molecule has 5 nitrogen and oxygen atoms in total. The van der Waals surface area contributed by atoms with Gasteiger partial charge in [0.05, 0.1) is 24.3 Å². The van der Waals surface area contributed by atoms with Crippen molar-refractivity contribution in [2.45, 2.75) is 31.4 Å². The smallest absolute Gasteiger partial charge is 0.226 e. The van der Waals surface area contributed by atoms with Gasteiger partial charge < -0.3 is 10.4 Å². The zero-order chi connectivity index (χ0) is 15.4. The van der Waals surface area contributed by atoms with Gasteiger partial charge in [-0.05, 0) is 43.0 Å². The maximum atomic E-state index is 12.3. The lowest BCUT2D eigenvalue weighted by Gasteiger charge is -2.37. The van der Waals surface area contributed by atoms with E-state index >= 15 is 0 Å². The molecule has 0 bridgehead atoms. The molecule has 1 atom stereocenters. The molecule has 0 saturated heterocycles. The Labute approximate surface area is 129 Å². The van der Waals surface area contributed by atoms with Crippen molar-refractivity contribution in [2.24, 2.45) is 5.92 Å². The summed E-state index contributed by atoms with van der Waals surface area (Å²) >= 11 is 0. The Morgan fingerprint density at radius 3 is 2.50 bits per heavy atom. The number of nitrogens with zero attached hydrogens (tertiary/aromatic N) is 2. The molecule has 2 aromatic rings. The van der Waals surface area contributed by atoms with Crippen LogP contribution in [0.1, 0.15) is 30.3 Å². The van der Waals surface area contributed by atoms with Crippen LogP contribution in [0.15, 0.2) is 48.8 Å². The normalized spacial score (nSPS) is 21.7. The molecule has 1 aliphatic rings. The van der Waals surface area contributed by atoms with Crippen molar-refractivity contribution in [1.29, 1.82) is 0 Å². The van der Waals surface area contributed by atoms with Crippen LogP contribution < -0.4 is 5.32 Å². The molecule has 0 spiro atoms. The molecule has 2 heterocycles. The number of pyridine rings is 2. The molecule has 3 rings (SSSR count). The Morgan fingerprint density at radius 1 is 1.18 bits per heavy atom. The molecule has 2 N–H and O–H groups in total. The maximum Gasteiger partial charge on any atom is 0.226 e. The third-order valence-electron chi connectivity index (χ3n) is 4.01. The van der Waals surface area contributed by atoms with Crippen LogP contribution in [0.4, 0.5) is 0 Å². The summed E-state index contributed by atoms with van der Waals surface area (Å²) in [4.78, 5) is 20.8. The Morgan fingerprint density at radius 2 is 1.91 bits per heavy atom. The molecule has 1 fully saturated rings. The zero-order valence-corrected chi connectivity index (χ0v) is 12.2. The van der Waals surface area contributed by atoms with E-state index in [0.717, 1.165) is 11.4 Å². The number of aromatic nitrogens is 2. The van der Waals surface area contributed by atoms with Crippen LogP contribution in [-0.4, -0.2) is 27.1 Å².